The minimum atomic E-state index is -0.110. The van der Waals surface area contributed by atoms with Crippen LogP contribution in [0.1, 0.15) is 42.9 Å². The minimum absolute atomic E-state index is 0.0614. The highest BCUT2D eigenvalue weighted by atomic mass is 16.2. The molecule has 1 saturated heterocycles. The molecule has 0 radical (unpaired) electrons. The lowest BCUT2D eigenvalue weighted by Gasteiger charge is -2.24. The predicted octanol–water partition coefficient (Wildman–Crippen LogP) is 1.41. The first-order valence-corrected chi connectivity index (χ1v) is 8.38. The van der Waals surface area contributed by atoms with Crippen molar-refractivity contribution in [3.8, 4) is 0 Å². The highest BCUT2D eigenvalue weighted by Gasteiger charge is 2.31. The van der Waals surface area contributed by atoms with Crippen molar-refractivity contribution >= 4 is 11.8 Å². The molecule has 1 aliphatic rings. The van der Waals surface area contributed by atoms with Gasteiger partial charge in [0.2, 0.25) is 11.8 Å². The van der Waals surface area contributed by atoms with Gasteiger partial charge in [-0.1, -0.05) is 6.07 Å². The summed E-state index contributed by atoms with van der Waals surface area (Å²) in [4.78, 5) is 38.5. The SMILES string of the molecule is CC(=O)NCc1ccnc([C@H]2CCCN2C(=O)Cc2cccnc2)n1. The number of aromatic nitrogens is 3. The molecule has 3 heterocycles. The average molecular weight is 339 g/mol. The lowest BCUT2D eigenvalue weighted by Crippen LogP contribution is -2.33. The Hall–Kier alpha value is -2.83. The fourth-order valence-electron chi connectivity index (χ4n) is 3.00. The lowest BCUT2D eigenvalue weighted by molar-refractivity contribution is -0.131. The van der Waals surface area contributed by atoms with Crippen molar-refractivity contribution in [1.29, 1.82) is 0 Å². The van der Waals surface area contributed by atoms with Crippen LogP contribution in [0.5, 0.6) is 0 Å². The van der Waals surface area contributed by atoms with E-state index < -0.39 is 0 Å². The van der Waals surface area contributed by atoms with Crippen LogP contribution in [0.2, 0.25) is 0 Å². The van der Waals surface area contributed by atoms with E-state index in [1.165, 1.54) is 6.92 Å². The van der Waals surface area contributed by atoms with Crippen LogP contribution in [0.3, 0.4) is 0 Å². The number of carbonyl (C=O) groups is 2. The van der Waals surface area contributed by atoms with Gasteiger partial charge in [-0.2, -0.15) is 0 Å². The number of likely N-dealkylation sites (tertiary alicyclic amines) is 1. The highest BCUT2D eigenvalue weighted by molar-refractivity contribution is 5.79. The zero-order valence-corrected chi connectivity index (χ0v) is 14.2. The van der Waals surface area contributed by atoms with Crippen molar-refractivity contribution in [1.82, 2.24) is 25.2 Å². The molecule has 3 rings (SSSR count). The van der Waals surface area contributed by atoms with Gasteiger partial charge >= 0.3 is 0 Å². The molecule has 1 fully saturated rings. The van der Waals surface area contributed by atoms with Crippen LogP contribution in [-0.4, -0.2) is 38.2 Å². The molecule has 7 heteroatoms. The first-order chi connectivity index (χ1) is 12.1. The monoisotopic (exact) mass is 339 g/mol. The van der Waals surface area contributed by atoms with Gasteiger partial charge in [0, 0.05) is 32.1 Å². The van der Waals surface area contributed by atoms with Crippen LogP contribution in [0.25, 0.3) is 0 Å². The first-order valence-electron chi connectivity index (χ1n) is 8.38. The molecule has 1 atom stereocenters. The van der Waals surface area contributed by atoms with Crippen LogP contribution in [-0.2, 0) is 22.6 Å². The molecule has 130 valence electrons. The Bertz CT molecular complexity index is 750. The number of pyridine rings is 1. The quantitative estimate of drug-likeness (QED) is 0.890. The molecule has 1 aliphatic heterocycles. The van der Waals surface area contributed by atoms with Crippen LogP contribution in [0, 0.1) is 0 Å². The van der Waals surface area contributed by atoms with E-state index in [1.807, 2.05) is 17.0 Å². The second kappa shape index (κ2) is 7.83. The minimum Gasteiger partial charge on any atom is -0.351 e. The van der Waals surface area contributed by atoms with Crippen molar-refractivity contribution in [2.24, 2.45) is 0 Å². The van der Waals surface area contributed by atoms with Crippen LogP contribution >= 0.6 is 0 Å². The van der Waals surface area contributed by atoms with E-state index in [1.54, 1.807) is 24.7 Å². The zero-order chi connectivity index (χ0) is 17.6. The standard InChI is InChI=1S/C18H21N5O2/c1-13(24)21-12-15-6-8-20-18(22-15)16-5-3-9-23(16)17(25)10-14-4-2-7-19-11-14/h2,4,6-8,11,16H,3,5,9-10,12H2,1H3,(H,21,24)/t16-/m1/s1. The summed E-state index contributed by atoms with van der Waals surface area (Å²) in [5.41, 5.74) is 1.64. The maximum atomic E-state index is 12.7. The molecule has 2 aromatic rings. The molecule has 25 heavy (non-hydrogen) atoms. The van der Waals surface area contributed by atoms with E-state index in [9.17, 15) is 9.59 Å². The summed E-state index contributed by atoms with van der Waals surface area (Å²) in [6, 6.07) is 5.40. The van der Waals surface area contributed by atoms with Crippen molar-refractivity contribution in [3.05, 3.63) is 53.9 Å². The average Bonchev–Trinajstić information content (AvgIpc) is 3.11. The third kappa shape index (κ3) is 4.37. The normalized spacial score (nSPS) is 16.7. The van der Waals surface area contributed by atoms with Gasteiger partial charge in [0.1, 0.15) is 0 Å². The highest BCUT2D eigenvalue weighted by Crippen LogP contribution is 2.30. The molecular formula is C18H21N5O2. The third-order valence-electron chi connectivity index (χ3n) is 4.20. The summed E-state index contributed by atoms with van der Waals surface area (Å²) < 4.78 is 0. The molecular weight excluding hydrogens is 318 g/mol. The molecule has 0 saturated carbocycles. The van der Waals surface area contributed by atoms with Crippen molar-refractivity contribution in [2.75, 3.05) is 6.54 Å². The summed E-state index contributed by atoms with van der Waals surface area (Å²) in [5.74, 6) is 0.598. The molecule has 0 aromatic carbocycles. The summed E-state index contributed by atoms with van der Waals surface area (Å²) in [7, 11) is 0. The summed E-state index contributed by atoms with van der Waals surface area (Å²) in [5, 5.41) is 2.73. The molecule has 0 aliphatic carbocycles. The number of rotatable bonds is 5. The maximum Gasteiger partial charge on any atom is 0.227 e. The molecule has 2 amide bonds. The summed E-state index contributed by atoms with van der Waals surface area (Å²) in [6.45, 7) is 2.54. The van der Waals surface area contributed by atoms with Crippen LogP contribution < -0.4 is 5.32 Å². The van der Waals surface area contributed by atoms with Crippen LogP contribution in [0.15, 0.2) is 36.8 Å². The summed E-state index contributed by atoms with van der Waals surface area (Å²) >= 11 is 0. The maximum absolute atomic E-state index is 12.7. The van der Waals surface area contributed by atoms with E-state index in [0.29, 0.717) is 25.3 Å². The first kappa shape index (κ1) is 17.0. The van der Waals surface area contributed by atoms with Crippen molar-refractivity contribution in [3.63, 3.8) is 0 Å². The van der Waals surface area contributed by atoms with Gasteiger partial charge in [-0.3, -0.25) is 14.6 Å². The Morgan fingerprint density at radius 1 is 1.32 bits per heavy atom. The molecule has 0 spiro atoms. The largest absolute Gasteiger partial charge is 0.351 e. The van der Waals surface area contributed by atoms with Gasteiger partial charge in [0.25, 0.3) is 0 Å². The van der Waals surface area contributed by atoms with Gasteiger partial charge in [-0.05, 0) is 30.5 Å². The van der Waals surface area contributed by atoms with Crippen molar-refractivity contribution < 1.29 is 9.59 Å². The van der Waals surface area contributed by atoms with Crippen molar-refractivity contribution in [2.45, 2.75) is 38.8 Å². The number of carbonyl (C=O) groups excluding carboxylic acids is 2. The number of nitrogens with zero attached hydrogens (tertiary/aromatic N) is 4. The lowest BCUT2D eigenvalue weighted by atomic mass is 10.1. The molecule has 1 N–H and O–H groups in total. The van der Waals surface area contributed by atoms with E-state index >= 15 is 0 Å². The Kier molecular flexibility index (Phi) is 5.33. The fourth-order valence-corrected chi connectivity index (χ4v) is 3.00. The van der Waals surface area contributed by atoms with Gasteiger partial charge in [-0.15, -0.1) is 0 Å². The molecule has 2 aromatic heterocycles. The Morgan fingerprint density at radius 2 is 2.20 bits per heavy atom. The van der Waals surface area contributed by atoms with E-state index in [2.05, 4.69) is 20.3 Å². The van der Waals surface area contributed by atoms with E-state index in [4.69, 9.17) is 0 Å². The Morgan fingerprint density at radius 3 is 2.96 bits per heavy atom. The van der Waals surface area contributed by atoms with E-state index in [-0.39, 0.29) is 17.9 Å². The van der Waals surface area contributed by atoms with Gasteiger partial charge in [0.15, 0.2) is 5.82 Å². The van der Waals surface area contributed by atoms with Crippen LogP contribution in [0.4, 0.5) is 0 Å². The summed E-state index contributed by atoms with van der Waals surface area (Å²) in [6.07, 6.45) is 7.21. The zero-order valence-electron chi connectivity index (χ0n) is 14.2. The van der Waals surface area contributed by atoms with Gasteiger partial charge in [0.05, 0.1) is 24.7 Å². The second-order valence-electron chi connectivity index (χ2n) is 6.10. The molecule has 0 unspecified atom stereocenters. The number of nitrogens with one attached hydrogen (secondary N) is 1. The smallest absolute Gasteiger partial charge is 0.227 e. The second-order valence-corrected chi connectivity index (χ2v) is 6.10. The van der Waals surface area contributed by atoms with E-state index in [0.717, 1.165) is 24.1 Å². The number of hydrogen-bond donors (Lipinski definition) is 1. The van der Waals surface area contributed by atoms with Gasteiger partial charge in [-0.25, -0.2) is 9.97 Å². The Balaban J connectivity index is 1.71. The number of amides is 2. The van der Waals surface area contributed by atoms with Gasteiger partial charge < -0.3 is 10.2 Å². The fraction of sp³-hybridized carbons (Fsp3) is 0.389. The molecule has 7 nitrogen and oxygen atoms in total. The third-order valence-corrected chi connectivity index (χ3v) is 4.20. The molecule has 0 bridgehead atoms. The number of hydrogen-bond acceptors (Lipinski definition) is 5. The Labute approximate surface area is 146 Å². The topological polar surface area (TPSA) is 88.1 Å². The predicted molar refractivity (Wildman–Crippen MR) is 91.2 cm³/mol.